The van der Waals surface area contributed by atoms with Gasteiger partial charge in [0.25, 0.3) is 0 Å². The van der Waals surface area contributed by atoms with Gasteiger partial charge in [-0.2, -0.15) is 0 Å². The summed E-state index contributed by atoms with van der Waals surface area (Å²) in [4.78, 5) is 30.7. The number of rotatable bonds is 5. The van der Waals surface area contributed by atoms with E-state index in [2.05, 4.69) is 10.3 Å². The third-order valence-electron chi connectivity index (χ3n) is 3.88. The van der Waals surface area contributed by atoms with Gasteiger partial charge in [0.1, 0.15) is 0 Å². The van der Waals surface area contributed by atoms with E-state index in [9.17, 15) is 9.59 Å². The van der Waals surface area contributed by atoms with Crippen molar-refractivity contribution in [1.29, 1.82) is 0 Å². The van der Waals surface area contributed by atoms with Crippen LogP contribution in [-0.2, 0) is 16.0 Å². The van der Waals surface area contributed by atoms with Crippen molar-refractivity contribution in [3.8, 4) is 0 Å². The van der Waals surface area contributed by atoms with Gasteiger partial charge in [-0.25, -0.2) is 4.98 Å². The molecule has 1 aromatic carbocycles. The summed E-state index contributed by atoms with van der Waals surface area (Å²) in [5.41, 5.74) is 1.03. The third kappa shape index (κ3) is 4.33. The van der Waals surface area contributed by atoms with Crippen molar-refractivity contribution in [3.63, 3.8) is 0 Å². The largest absolute Gasteiger partial charge is 0.333 e. The minimum absolute atomic E-state index is 0.0509. The molecule has 2 aromatic rings. The summed E-state index contributed by atoms with van der Waals surface area (Å²) in [6.45, 7) is 0.750. The number of piperidine rings is 1. The summed E-state index contributed by atoms with van der Waals surface area (Å²) < 4.78 is 0. The number of nitrogens with zero attached hydrogens (tertiary/aromatic N) is 2. The normalized spacial score (nSPS) is 14.7. The second-order valence-corrected chi connectivity index (χ2v) is 7.24. The molecule has 7 heteroatoms. The summed E-state index contributed by atoms with van der Waals surface area (Å²) in [6.07, 6.45) is 4.83. The van der Waals surface area contributed by atoms with Gasteiger partial charge in [0, 0.05) is 35.5 Å². The van der Waals surface area contributed by atoms with Crippen LogP contribution >= 0.6 is 22.9 Å². The fraction of sp³-hybridized carbons (Fsp3) is 0.353. The SMILES string of the molecule is O=C(CN1CCCCC1=O)Nc1ncc(Cc2ccccc2Cl)s1. The Hall–Kier alpha value is -1.92. The van der Waals surface area contributed by atoms with Crippen LogP contribution in [-0.4, -0.2) is 34.8 Å². The van der Waals surface area contributed by atoms with Crippen molar-refractivity contribution in [2.45, 2.75) is 25.7 Å². The number of amides is 2. The van der Waals surface area contributed by atoms with Crippen molar-refractivity contribution in [2.75, 3.05) is 18.4 Å². The molecule has 24 heavy (non-hydrogen) atoms. The van der Waals surface area contributed by atoms with E-state index in [1.807, 2.05) is 24.3 Å². The van der Waals surface area contributed by atoms with E-state index in [4.69, 9.17) is 11.6 Å². The lowest BCUT2D eigenvalue weighted by Gasteiger charge is -2.25. The van der Waals surface area contributed by atoms with Crippen LogP contribution in [0, 0.1) is 0 Å². The van der Waals surface area contributed by atoms with Crippen LogP contribution < -0.4 is 5.32 Å². The first kappa shape index (κ1) is 16.9. The molecular weight excluding hydrogens is 346 g/mol. The number of benzene rings is 1. The van der Waals surface area contributed by atoms with Gasteiger partial charge in [-0.1, -0.05) is 29.8 Å². The second-order valence-electron chi connectivity index (χ2n) is 5.72. The first-order valence-electron chi connectivity index (χ1n) is 7.87. The van der Waals surface area contributed by atoms with Gasteiger partial charge in [-0.3, -0.25) is 9.59 Å². The molecular formula is C17H18ClN3O2S. The van der Waals surface area contributed by atoms with Crippen LogP contribution in [0.5, 0.6) is 0 Å². The molecule has 126 valence electrons. The summed E-state index contributed by atoms with van der Waals surface area (Å²) >= 11 is 7.59. The van der Waals surface area contributed by atoms with Crippen LogP contribution in [0.4, 0.5) is 5.13 Å². The lowest BCUT2D eigenvalue weighted by molar-refractivity contribution is -0.136. The van der Waals surface area contributed by atoms with Gasteiger partial charge < -0.3 is 10.2 Å². The molecule has 0 saturated carbocycles. The second kappa shape index (κ2) is 7.77. The van der Waals surface area contributed by atoms with E-state index in [0.29, 0.717) is 24.5 Å². The van der Waals surface area contributed by atoms with Gasteiger partial charge in [-0.15, -0.1) is 11.3 Å². The minimum Gasteiger partial charge on any atom is -0.333 e. The Morgan fingerprint density at radius 1 is 1.33 bits per heavy atom. The maximum Gasteiger partial charge on any atom is 0.245 e. The quantitative estimate of drug-likeness (QED) is 0.886. The standard InChI is InChI=1S/C17H18ClN3O2S/c18-14-6-2-1-5-12(14)9-13-10-19-17(24-13)20-15(22)11-21-8-4-3-7-16(21)23/h1-2,5-6,10H,3-4,7-9,11H2,(H,19,20,22). The Bertz CT molecular complexity index is 747. The lowest BCUT2D eigenvalue weighted by atomic mass is 10.1. The average molecular weight is 364 g/mol. The molecule has 2 heterocycles. The van der Waals surface area contributed by atoms with Crippen LogP contribution in [0.1, 0.15) is 29.7 Å². The molecule has 0 spiro atoms. The molecule has 0 unspecified atom stereocenters. The van der Waals surface area contributed by atoms with Gasteiger partial charge in [0.15, 0.2) is 5.13 Å². The van der Waals surface area contributed by atoms with Crippen molar-refractivity contribution in [1.82, 2.24) is 9.88 Å². The molecule has 1 N–H and O–H groups in total. The number of anilines is 1. The molecule has 1 saturated heterocycles. The Morgan fingerprint density at radius 3 is 2.96 bits per heavy atom. The van der Waals surface area contributed by atoms with Crippen LogP contribution in [0.2, 0.25) is 5.02 Å². The Labute approximate surface area is 149 Å². The van der Waals surface area contributed by atoms with E-state index in [1.54, 1.807) is 11.1 Å². The molecule has 1 aromatic heterocycles. The van der Waals surface area contributed by atoms with Gasteiger partial charge >= 0.3 is 0 Å². The Kier molecular flexibility index (Phi) is 5.48. The van der Waals surface area contributed by atoms with E-state index < -0.39 is 0 Å². The molecule has 1 aliphatic heterocycles. The van der Waals surface area contributed by atoms with Crippen molar-refractivity contribution in [2.24, 2.45) is 0 Å². The molecule has 1 aliphatic rings. The maximum atomic E-state index is 12.1. The molecule has 0 bridgehead atoms. The molecule has 1 fully saturated rings. The first-order chi connectivity index (χ1) is 11.6. The Balaban J connectivity index is 1.56. The van der Waals surface area contributed by atoms with Crippen LogP contribution in [0.25, 0.3) is 0 Å². The van der Waals surface area contributed by atoms with Crippen LogP contribution in [0.15, 0.2) is 30.5 Å². The number of nitrogens with one attached hydrogen (secondary N) is 1. The van der Waals surface area contributed by atoms with E-state index in [-0.39, 0.29) is 18.4 Å². The zero-order valence-corrected chi connectivity index (χ0v) is 14.7. The predicted molar refractivity (Wildman–Crippen MR) is 95.4 cm³/mol. The first-order valence-corrected chi connectivity index (χ1v) is 9.07. The molecule has 5 nitrogen and oxygen atoms in total. The number of carbonyl (C=O) groups excluding carboxylic acids is 2. The topological polar surface area (TPSA) is 62.3 Å². The van der Waals surface area contributed by atoms with Gasteiger partial charge in [0.2, 0.25) is 11.8 Å². The zero-order valence-electron chi connectivity index (χ0n) is 13.1. The van der Waals surface area contributed by atoms with Crippen molar-refractivity contribution >= 4 is 39.9 Å². The van der Waals surface area contributed by atoms with Gasteiger partial charge in [-0.05, 0) is 24.5 Å². The summed E-state index contributed by atoms with van der Waals surface area (Å²) in [6, 6.07) is 7.67. The van der Waals surface area contributed by atoms with E-state index in [1.165, 1.54) is 11.3 Å². The molecule has 0 aliphatic carbocycles. The van der Waals surface area contributed by atoms with Crippen molar-refractivity contribution in [3.05, 3.63) is 45.9 Å². The lowest BCUT2D eigenvalue weighted by Crippen LogP contribution is -2.40. The van der Waals surface area contributed by atoms with Gasteiger partial charge in [0.05, 0.1) is 6.54 Å². The highest BCUT2D eigenvalue weighted by molar-refractivity contribution is 7.15. The Morgan fingerprint density at radius 2 is 2.17 bits per heavy atom. The molecule has 3 rings (SSSR count). The predicted octanol–water partition coefficient (Wildman–Crippen LogP) is 3.34. The highest BCUT2D eigenvalue weighted by Gasteiger charge is 2.20. The fourth-order valence-corrected chi connectivity index (χ4v) is 3.69. The smallest absolute Gasteiger partial charge is 0.245 e. The zero-order chi connectivity index (χ0) is 16.9. The highest BCUT2D eigenvalue weighted by atomic mass is 35.5. The molecule has 2 amide bonds. The average Bonchev–Trinajstić information content (AvgIpc) is 2.99. The number of thiazole rings is 1. The number of hydrogen-bond donors (Lipinski definition) is 1. The monoisotopic (exact) mass is 363 g/mol. The number of hydrogen-bond acceptors (Lipinski definition) is 4. The summed E-state index contributed by atoms with van der Waals surface area (Å²) in [5, 5.41) is 4.04. The van der Waals surface area contributed by atoms with E-state index in [0.717, 1.165) is 28.3 Å². The third-order valence-corrected chi connectivity index (χ3v) is 5.16. The molecule has 0 radical (unpaired) electrons. The molecule has 0 atom stereocenters. The number of likely N-dealkylation sites (tertiary alicyclic amines) is 1. The van der Waals surface area contributed by atoms with Crippen LogP contribution in [0.3, 0.4) is 0 Å². The highest BCUT2D eigenvalue weighted by Crippen LogP contribution is 2.24. The number of carbonyl (C=O) groups is 2. The minimum atomic E-state index is -0.205. The summed E-state index contributed by atoms with van der Waals surface area (Å²) in [7, 11) is 0. The number of aromatic nitrogens is 1. The van der Waals surface area contributed by atoms with E-state index >= 15 is 0 Å². The number of halogens is 1. The van der Waals surface area contributed by atoms with Crippen molar-refractivity contribution < 1.29 is 9.59 Å². The maximum absolute atomic E-state index is 12.1. The summed E-state index contributed by atoms with van der Waals surface area (Å²) in [5.74, 6) is -0.154. The fourth-order valence-electron chi connectivity index (χ4n) is 2.64.